The molecule has 18 heteroatoms. The zero-order valence-electron chi connectivity index (χ0n) is 51.3. The molecular formula is C69H76N10O8. The number of fused-ring (bicyclic) bond motifs is 2. The maximum Gasteiger partial charge on any atom is 0.410 e. The number of likely N-dealkylation sites (tertiary alicyclic amines) is 2. The van der Waals surface area contributed by atoms with E-state index >= 15 is 9.59 Å². The second-order valence-electron chi connectivity index (χ2n) is 25.9. The topological polar surface area (TPSA) is 213 Å². The van der Waals surface area contributed by atoms with E-state index in [1.807, 2.05) is 166 Å². The van der Waals surface area contributed by atoms with E-state index in [0.717, 1.165) is 69.5 Å². The molecule has 2 amide bonds. The lowest BCUT2D eigenvalue weighted by atomic mass is 9.81. The van der Waals surface area contributed by atoms with Crippen LogP contribution in [0.1, 0.15) is 110 Å². The van der Waals surface area contributed by atoms with Crippen molar-refractivity contribution in [2.24, 2.45) is 10.8 Å². The Bertz CT molecular complexity index is 3710. The zero-order chi connectivity index (χ0) is 61.4. The van der Waals surface area contributed by atoms with Crippen LogP contribution in [-0.2, 0) is 31.9 Å². The number of pyridine rings is 2. The van der Waals surface area contributed by atoms with E-state index in [4.69, 9.17) is 38.9 Å². The Morgan fingerprint density at radius 1 is 0.540 bits per heavy atom. The van der Waals surface area contributed by atoms with Gasteiger partial charge in [-0.05, 0) is 162 Å². The summed E-state index contributed by atoms with van der Waals surface area (Å²) in [5.74, 6) is 2.47. The molecule has 6 heterocycles. The fraction of sp³-hybridized carbons (Fsp3) is 0.391. The minimum Gasteiger partial charge on any atom is -0.444 e. The Kier molecular flexibility index (Phi) is 16.5. The van der Waals surface area contributed by atoms with Crippen molar-refractivity contribution in [3.8, 4) is 45.8 Å². The monoisotopic (exact) mass is 1170 g/mol. The number of nitrogens with zero attached hydrogens (tertiary/aromatic N) is 8. The number of nitrogens with one attached hydrogen (secondary N) is 2. The normalized spacial score (nSPS) is 17.3. The van der Waals surface area contributed by atoms with Crippen LogP contribution in [-0.4, -0.2) is 113 Å². The van der Waals surface area contributed by atoms with Crippen LogP contribution in [0.3, 0.4) is 0 Å². The van der Waals surface area contributed by atoms with Crippen molar-refractivity contribution in [3.05, 3.63) is 144 Å². The van der Waals surface area contributed by atoms with Crippen LogP contribution >= 0.6 is 0 Å². The van der Waals surface area contributed by atoms with Crippen LogP contribution in [0.2, 0.25) is 0 Å². The first-order valence-electron chi connectivity index (χ1n) is 30.0. The number of anilines is 2. The molecule has 2 saturated heterocycles. The van der Waals surface area contributed by atoms with Gasteiger partial charge >= 0.3 is 12.2 Å². The number of carbonyl (C=O) groups is 4. The molecule has 2 N–H and O–H groups in total. The zero-order valence-corrected chi connectivity index (χ0v) is 51.3. The summed E-state index contributed by atoms with van der Waals surface area (Å²) in [6.07, 6.45) is 9.90. The molecule has 3 aliphatic rings. The quantitative estimate of drug-likeness (QED) is 0.0861. The average Bonchev–Trinajstić information content (AvgIpc) is 1.54. The number of rotatable bonds is 16. The van der Waals surface area contributed by atoms with Gasteiger partial charge in [0.05, 0.1) is 27.9 Å². The number of aromatic nitrogens is 6. The van der Waals surface area contributed by atoms with Gasteiger partial charge in [0, 0.05) is 86.7 Å². The highest BCUT2D eigenvalue weighted by molar-refractivity contribution is 6.14. The van der Waals surface area contributed by atoms with Gasteiger partial charge in [-0.25, -0.2) is 39.5 Å². The van der Waals surface area contributed by atoms with Crippen LogP contribution in [0.4, 0.5) is 21.5 Å². The fourth-order valence-electron chi connectivity index (χ4n) is 12.2. The fourth-order valence-corrected chi connectivity index (χ4v) is 12.2. The van der Waals surface area contributed by atoms with Crippen LogP contribution < -0.4 is 20.1 Å². The Labute approximate surface area is 507 Å². The minimum atomic E-state index is -1.20. The molecule has 0 radical (unpaired) electrons. The van der Waals surface area contributed by atoms with Gasteiger partial charge in [0.15, 0.2) is 11.6 Å². The first-order chi connectivity index (χ1) is 41.5. The van der Waals surface area contributed by atoms with Crippen molar-refractivity contribution in [2.45, 2.75) is 137 Å². The molecule has 0 unspecified atom stereocenters. The summed E-state index contributed by atoms with van der Waals surface area (Å²) in [6.45, 7) is 21.3. The summed E-state index contributed by atoms with van der Waals surface area (Å²) in [4.78, 5) is 87.6. The summed E-state index contributed by atoms with van der Waals surface area (Å²) >= 11 is 0. The van der Waals surface area contributed by atoms with Crippen molar-refractivity contribution < 1.29 is 38.1 Å². The SMILES string of the molecule is Cc1ccc2c(CC(=O)C3(C(=O)Cc4cccc5c(Oc6ncccc6-c6ccnc(N[C@H]7CCCN(C(=O)OC(C)(C)C)C7)n6)c(C)ccc45)CC3(C)C)cccc2c1Oc1ncccc1-c1ccnc(N[C@H]2CCCN(C(=O)OC(C)(C)C)C2)n1. The van der Waals surface area contributed by atoms with E-state index in [9.17, 15) is 9.59 Å². The number of amides is 2. The number of carbonyl (C=O) groups excluding carboxylic acids is 4. The molecule has 18 nitrogen and oxygen atoms in total. The Morgan fingerprint density at radius 2 is 0.966 bits per heavy atom. The van der Waals surface area contributed by atoms with Gasteiger partial charge in [-0.15, -0.1) is 0 Å². The molecule has 2 aliphatic heterocycles. The van der Waals surface area contributed by atoms with Gasteiger partial charge in [-0.1, -0.05) is 74.5 Å². The molecule has 1 aliphatic carbocycles. The summed E-state index contributed by atoms with van der Waals surface area (Å²) in [7, 11) is 0. The molecule has 2 atom stereocenters. The highest BCUT2D eigenvalue weighted by atomic mass is 16.6. The molecular weight excluding hydrogens is 1100 g/mol. The van der Waals surface area contributed by atoms with Gasteiger partial charge in [0.2, 0.25) is 23.7 Å². The number of hydrogen-bond donors (Lipinski definition) is 2. The largest absolute Gasteiger partial charge is 0.444 e. The maximum absolute atomic E-state index is 15.0. The standard InChI is InChI=1S/C69H76N10O8/c1-42-25-27-48-44(17-11-21-50(48)58(42)84-60-52(23-13-31-70-60)54-29-33-72-62(76-54)74-46-19-15-35-78(39-46)64(82)86-66(3,4)5)37-56(80)69(41-68(69,9)10)57(81)38-45-18-12-22-51-49(45)28-26-43(2)59(51)85-61-53(24-14-32-71-61)55-30-34-73-63(77-55)75-47-20-16-36-79(40-47)65(83)87-67(6,7)8/h11-14,17-18,21-34,46-47H,15-16,19-20,35-41H2,1-10H3,(H,72,74,76)(H,73,75,77)/t46-,47-/m0/s1. The number of Topliss-reactive ketones (excluding diaryl/α,β-unsaturated/α-hetero) is 2. The van der Waals surface area contributed by atoms with E-state index in [2.05, 4.69) is 20.6 Å². The molecule has 11 rings (SSSR count). The van der Waals surface area contributed by atoms with Crippen molar-refractivity contribution in [1.29, 1.82) is 0 Å². The third-order valence-electron chi connectivity index (χ3n) is 16.6. The second-order valence-corrected chi connectivity index (χ2v) is 25.9. The van der Waals surface area contributed by atoms with E-state index < -0.39 is 22.0 Å². The lowest BCUT2D eigenvalue weighted by Gasteiger charge is -2.34. The van der Waals surface area contributed by atoms with Crippen molar-refractivity contribution in [1.82, 2.24) is 39.7 Å². The Morgan fingerprint density at radius 3 is 1.37 bits per heavy atom. The summed E-state index contributed by atoms with van der Waals surface area (Å²) in [6, 6.07) is 30.7. The molecule has 450 valence electrons. The highest BCUT2D eigenvalue weighted by Crippen LogP contribution is 2.65. The van der Waals surface area contributed by atoms with Crippen LogP contribution in [0, 0.1) is 24.7 Å². The molecule has 0 spiro atoms. The molecule has 3 fully saturated rings. The van der Waals surface area contributed by atoms with Crippen molar-refractivity contribution in [2.75, 3.05) is 36.8 Å². The van der Waals surface area contributed by atoms with Gasteiger partial charge < -0.3 is 39.4 Å². The molecule has 0 bridgehead atoms. The number of aryl methyl sites for hydroxylation is 2. The number of hydrogen-bond acceptors (Lipinski definition) is 16. The van der Waals surface area contributed by atoms with E-state index in [1.54, 1.807) is 34.6 Å². The summed E-state index contributed by atoms with van der Waals surface area (Å²) in [5.41, 5.74) is 2.89. The average molecular weight is 1170 g/mol. The third kappa shape index (κ3) is 13.1. The molecule has 8 aromatic rings. The molecule has 87 heavy (non-hydrogen) atoms. The number of ketones is 2. The van der Waals surface area contributed by atoms with Gasteiger partial charge in [0.25, 0.3) is 0 Å². The van der Waals surface area contributed by atoms with Gasteiger partial charge in [0.1, 0.15) is 22.7 Å². The second kappa shape index (κ2) is 24.0. The third-order valence-corrected chi connectivity index (χ3v) is 16.6. The van der Waals surface area contributed by atoms with Crippen LogP contribution in [0.5, 0.6) is 23.3 Å². The van der Waals surface area contributed by atoms with Crippen molar-refractivity contribution >= 4 is 57.2 Å². The van der Waals surface area contributed by atoms with Gasteiger partial charge in [-0.3, -0.25) is 9.59 Å². The van der Waals surface area contributed by atoms with E-state index in [0.29, 0.717) is 90.3 Å². The van der Waals surface area contributed by atoms with Crippen LogP contribution in [0.25, 0.3) is 44.1 Å². The predicted octanol–water partition coefficient (Wildman–Crippen LogP) is 13.9. The first kappa shape index (κ1) is 59.7. The molecule has 4 aromatic heterocycles. The molecule has 4 aromatic carbocycles. The van der Waals surface area contributed by atoms with E-state index in [-0.39, 0.29) is 48.7 Å². The minimum absolute atomic E-state index is 0.0490. The smallest absolute Gasteiger partial charge is 0.410 e. The maximum atomic E-state index is 15.0. The highest BCUT2D eigenvalue weighted by Gasteiger charge is 2.69. The summed E-state index contributed by atoms with van der Waals surface area (Å²) < 4.78 is 24.9. The van der Waals surface area contributed by atoms with Crippen molar-refractivity contribution in [3.63, 3.8) is 0 Å². The Balaban J connectivity index is 0.796. The lowest BCUT2D eigenvalue weighted by Crippen LogP contribution is -2.47. The van der Waals surface area contributed by atoms with Gasteiger partial charge in [-0.2, -0.15) is 0 Å². The first-order valence-corrected chi connectivity index (χ1v) is 30.0. The lowest BCUT2D eigenvalue weighted by molar-refractivity contribution is -0.135. The predicted molar refractivity (Wildman–Crippen MR) is 335 cm³/mol. The van der Waals surface area contributed by atoms with E-state index in [1.165, 1.54) is 0 Å². The molecule has 1 saturated carbocycles. The Hall–Kier alpha value is -9.06. The number of piperidine rings is 2. The number of benzene rings is 4. The summed E-state index contributed by atoms with van der Waals surface area (Å²) in [5, 5.41) is 10.2. The number of ether oxygens (including phenoxy) is 4. The van der Waals surface area contributed by atoms with Crippen LogP contribution in [0.15, 0.2) is 122 Å².